The minimum atomic E-state index is -5.05. The molecule has 2 aromatic rings. The summed E-state index contributed by atoms with van der Waals surface area (Å²) < 4.78 is 95.1. The van der Waals surface area contributed by atoms with Crippen LogP contribution in [0.5, 0.6) is 0 Å². The monoisotopic (exact) mass is 368 g/mol. The third-order valence-corrected chi connectivity index (χ3v) is 5.33. The molecule has 0 heterocycles. The molecular formula is C10H8O9S3. The predicted molar refractivity (Wildman–Crippen MR) is 73.4 cm³/mol. The summed E-state index contributed by atoms with van der Waals surface area (Å²) in [7, 11) is -14.7. The van der Waals surface area contributed by atoms with Crippen molar-refractivity contribution in [1.82, 2.24) is 0 Å². The van der Waals surface area contributed by atoms with Crippen molar-refractivity contribution in [1.29, 1.82) is 0 Å². The number of hydrogen-bond donors (Lipinski definition) is 3. The molecule has 22 heavy (non-hydrogen) atoms. The first-order valence-corrected chi connectivity index (χ1v) is 9.63. The number of fused-ring (bicyclic) bond motifs is 1. The van der Waals surface area contributed by atoms with Crippen LogP contribution in [0.4, 0.5) is 0 Å². The zero-order valence-corrected chi connectivity index (χ0v) is 12.9. The maximum absolute atomic E-state index is 11.4. The first kappa shape index (κ1) is 16.8. The second kappa shape index (κ2) is 4.97. The van der Waals surface area contributed by atoms with Crippen LogP contribution in [-0.2, 0) is 30.4 Å². The summed E-state index contributed by atoms with van der Waals surface area (Å²) in [4.78, 5) is -2.77. The van der Waals surface area contributed by atoms with E-state index in [1.807, 2.05) is 0 Å². The van der Waals surface area contributed by atoms with E-state index in [1.165, 1.54) is 0 Å². The summed E-state index contributed by atoms with van der Waals surface area (Å²) in [6.45, 7) is 0. The highest BCUT2D eigenvalue weighted by atomic mass is 32.2. The van der Waals surface area contributed by atoms with Crippen molar-refractivity contribution >= 4 is 41.1 Å². The molecule has 2 rings (SSSR count). The maximum Gasteiger partial charge on any atom is 0.295 e. The SMILES string of the molecule is O=S(=O)(O)c1cc(S(=O)(=O)O)c2c(S(=O)(=O)O)cccc2c1. The Balaban J connectivity index is 3.17. The highest BCUT2D eigenvalue weighted by molar-refractivity contribution is 7.87. The van der Waals surface area contributed by atoms with Crippen LogP contribution < -0.4 is 0 Å². The Labute approximate surface area is 125 Å². The van der Waals surface area contributed by atoms with Crippen LogP contribution in [0, 0.1) is 0 Å². The molecule has 0 spiro atoms. The molecule has 0 amide bonds. The molecule has 9 nitrogen and oxygen atoms in total. The van der Waals surface area contributed by atoms with Crippen LogP contribution >= 0.6 is 0 Å². The van der Waals surface area contributed by atoms with Crippen molar-refractivity contribution < 1.29 is 38.9 Å². The van der Waals surface area contributed by atoms with E-state index in [0.29, 0.717) is 6.07 Å². The standard InChI is InChI=1S/C10H8O9S3/c11-20(12,13)7-4-6-2-1-3-8(21(14,15)16)10(6)9(5-7)22(17,18)19/h1-5H,(H,11,12,13)(H,14,15,16)(H,17,18,19). The predicted octanol–water partition coefficient (Wildman–Crippen LogP) is 0.580. The van der Waals surface area contributed by atoms with Gasteiger partial charge in [-0.05, 0) is 23.6 Å². The lowest BCUT2D eigenvalue weighted by Gasteiger charge is -2.10. The lowest BCUT2D eigenvalue weighted by molar-refractivity contribution is 0.481. The largest absolute Gasteiger partial charge is 0.295 e. The number of rotatable bonds is 3. The average molecular weight is 368 g/mol. The maximum atomic E-state index is 11.4. The van der Waals surface area contributed by atoms with E-state index in [9.17, 15) is 29.8 Å². The van der Waals surface area contributed by atoms with Crippen molar-refractivity contribution in [2.75, 3.05) is 0 Å². The fourth-order valence-corrected chi connectivity index (χ4v) is 4.08. The molecule has 3 N–H and O–H groups in total. The Morgan fingerprint density at radius 3 is 1.68 bits per heavy atom. The summed E-state index contributed by atoms with van der Waals surface area (Å²) in [5.41, 5.74) is 0. The Bertz CT molecular complexity index is 1080. The zero-order valence-electron chi connectivity index (χ0n) is 10.4. The molecule has 120 valence electrons. The normalized spacial score (nSPS) is 13.4. The van der Waals surface area contributed by atoms with Gasteiger partial charge in [-0.25, -0.2) is 0 Å². The smallest absolute Gasteiger partial charge is 0.282 e. The Hall–Kier alpha value is -1.57. The van der Waals surface area contributed by atoms with Crippen LogP contribution in [0.2, 0.25) is 0 Å². The van der Waals surface area contributed by atoms with Gasteiger partial charge < -0.3 is 0 Å². The Kier molecular flexibility index (Phi) is 3.80. The summed E-state index contributed by atoms with van der Waals surface area (Å²) in [6, 6.07) is 4.33. The van der Waals surface area contributed by atoms with Crippen molar-refractivity contribution in [3.63, 3.8) is 0 Å². The molecule has 0 fully saturated rings. The Morgan fingerprint density at radius 1 is 0.682 bits per heavy atom. The lowest BCUT2D eigenvalue weighted by atomic mass is 10.1. The molecule has 2 aromatic carbocycles. The van der Waals surface area contributed by atoms with Gasteiger partial charge in [0.1, 0.15) is 9.79 Å². The Morgan fingerprint density at radius 2 is 1.23 bits per heavy atom. The molecule has 0 unspecified atom stereocenters. The molecule has 0 radical (unpaired) electrons. The zero-order chi connectivity index (χ0) is 16.9. The summed E-state index contributed by atoms with van der Waals surface area (Å²) >= 11 is 0. The van der Waals surface area contributed by atoms with Crippen molar-refractivity contribution in [3.05, 3.63) is 30.3 Å². The molecule has 0 bridgehead atoms. The van der Waals surface area contributed by atoms with E-state index in [0.717, 1.165) is 24.3 Å². The topological polar surface area (TPSA) is 163 Å². The van der Waals surface area contributed by atoms with E-state index in [-0.39, 0.29) is 5.39 Å². The molecule has 0 aliphatic carbocycles. The van der Waals surface area contributed by atoms with Gasteiger partial charge in [0.05, 0.1) is 4.90 Å². The first-order chi connectivity index (χ1) is 9.82. The van der Waals surface area contributed by atoms with Gasteiger partial charge in [-0.3, -0.25) is 13.7 Å². The molecule has 0 saturated heterocycles. The molecule has 12 heteroatoms. The van der Waals surface area contributed by atoms with Gasteiger partial charge in [0.15, 0.2) is 0 Å². The third-order valence-electron chi connectivity index (χ3n) is 2.73. The molecule has 0 atom stereocenters. The summed E-state index contributed by atoms with van der Waals surface area (Å²) in [5.74, 6) is 0. The lowest BCUT2D eigenvalue weighted by Crippen LogP contribution is -2.07. The third kappa shape index (κ3) is 3.11. The van der Waals surface area contributed by atoms with Gasteiger partial charge >= 0.3 is 0 Å². The quantitative estimate of drug-likeness (QED) is 0.657. The van der Waals surface area contributed by atoms with Gasteiger partial charge in [0.25, 0.3) is 30.4 Å². The molecule has 0 aliphatic heterocycles. The van der Waals surface area contributed by atoms with E-state index in [4.69, 9.17) is 9.11 Å². The second-order valence-electron chi connectivity index (χ2n) is 4.20. The second-order valence-corrected chi connectivity index (χ2v) is 8.40. The van der Waals surface area contributed by atoms with Crippen molar-refractivity contribution in [2.45, 2.75) is 14.7 Å². The van der Waals surface area contributed by atoms with Crippen LogP contribution in [0.3, 0.4) is 0 Å². The summed E-state index contributed by atoms with van der Waals surface area (Å²) in [5, 5.41) is -0.835. The summed E-state index contributed by atoms with van der Waals surface area (Å²) in [6.07, 6.45) is 0. The van der Waals surface area contributed by atoms with Gasteiger partial charge in [-0.15, -0.1) is 0 Å². The van der Waals surface area contributed by atoms with Crippen LogP contribution in [0.25, 0.3) is 10.8 Å². The van der Waals surface area contributed by atoms with E-state index in [2.05, 4.69) is 0 Å². The highest BCUT2D eigenvalue weighted by Gasteiger charge is 2.25. The molecule has 0 aromatic heterocycles. The van der Waals surface area contributed by atoms with Crippen molar-refractivity contribution in [3.8, 4) is 0 Å². The minimum absolute atomic E-state index is 0.238. The first-order valence-electron chi connectivity index (χ1n) is 5.31. The van der Waals surface area contributed by atoms with Crippen LogP contribution in [-0.4, -0.2) is 38.9 Å². The van der Waals surface area contributed by atoms with E-state index >= 15 is 0 Å². The number of benzene rings is 2. The van der Waals surface area contributed by atoms with Gasteiger partial charge in [-0.2, -0.15) is 25.3 Å². The fourth-order valence-electron chi connectivity index (χ4n) is 1.90. The molecule has 0 aliphatic rings. The molecular weight excluding hydrogens is 360 g/mol. The van der Waals surface area contributed by atoms with E-state index in [1.54, 1.807) is 0 Å². The fraction of sp³-hybridized carbons (Fsp3) is 0. The number of hydrogen-bond acceptors (Lipinski definition) is 6. The van der Waals surface area contributed by atoms with Gasteiger partial charge in [-0.1, -0.05) is 12.1 Å². The van der Waals surface area contributed by atoms with E-state index < -0.39 is 50.4 Å². The minimum Gasteiger partial charge on any atom is -0.282 e. The molecule has 0 saturated carbocycles. The van der Waals surface area contributed by atoms with Gasteiger partial charge in [0.2, 0.25) is 0 Å². The van der Waals surface area contributed by atoms with Crippen molar-refractivity contribution in [2.24, 2.45) is 0 Å². The van der Waals surface area contributed by atoms with Crippen LogP contribution in [0.1, 0.15) is 0 Å². The van der Waals surface area contributed by atoms with Gasteiger partial charge in [0, 0.05) is 5.39 Å². The highest BCUT2D eigenvalue weighted by Crippen LogP contribution is 2.32. The van der Waals surface area contributed by atoms with Crippen LogP contribution in [0.15, 0.2) is 45.0 Å². The average Bonchev–Trinajstić information content (AvgIpc) is 2.33.